The molecule has 21 heavy (non-hydrogen) atoms. The van der Waals surface area contributed by atoms with Crippen LogP contribution in [0.3, 0.4) is 0 Å². The maximum absolute atomic E-state index is 12.5. The van der Waals surface area contributed by atoms with Gasteiger partial charge in [0.05, 0.1) is 16.7 Å². The molecule has 2 nitrogen and oxygen atoms in total. The molecule has 0 N–H and O–H groups in total. The number of pyridine rings is 1. The smallest absolute Gasteiger partial charge is 0.265 e. The van der Waals surface area contributed by atoms with Crippen LogP contribution in [0.5, 0.6) is 0 Å². The van der Waals surface area contributed by atoms with Gasteiger partial charge in [0.15, 0.2) is 0 Å². The van der Waals surface area contributed by atoms with E-state index in [9.17, 15) is 4.79 Å². The first kappa shape index (κ1) is 13.8. The Morgan fingerprint density at radius 2 is 1.43 bits per heavy atom. The summed E-state index contributed by atoms with van der Waals surface area (Å²) in [5.41, 5.74) is 3.06. The molecule has 0 spiro atoms. The molecule has 0 aliphatic rings. The fraction of sp³-hybridized carbons (Fsp3) is 0.0556. The monoisotopic (exact) mass is 339 g/mol. The maximum atomic E-state index is 12.5. The van der Waals surface area contributed by atoms with Crippen LogP contribution >= 0.6 is 15.9 Å². The molecule has 2 aromatic carbocycles. The lowest BCUT2D eigenvalue weighted by atomic mass is 10.1. The van der Waals surface area contributed by atoms with Gasteiger partial charge in [-0.2, -0.15) is 0 Å². The highest BCUT2D eigenvalue weighted by Crippen LogP contribution is 2.20. The van der Waals surface area contributed by atoms with Crippen molar-refractivity contribution in [2.24, 2.45) is 0 Å². The largest absolute Gasteiger partial charge is 0.303 e. The minimum absolute atomic E-state index is 0.0137. The van der Waals surface area contributed by atoms with Crippen molar-refractivity contribution >= 4 is 15.9 Å². The molecule has 0 radical (unpaired) electrons. The first-order chi connectivity index (χ1) is 10.3. The molecule has 104 valence electrons. The van der Waals surface area contributed by atoms with E-state index in [2.05, 4.69) is 15.9 Å². The summed E-state index contributed by atoms with van der Waals surface area (Å²) in [6.07, 6.45) is 0. The molecule has 1 aromatic heterocycles. The Labute approximate surface area is 131 Å². The maximum Gasteiger partial charge on any atom is 0.265 e. The third kappa shape index (κ3) is 2.98. The molecule has 0 unspecified atom stereocenters. The molecule has 0 atom stereocenters. The Hall–Kier alpha value is -2.13. The second-order valence-electron chi connectivity index (χ2n) is 4.81. The minimum Gasteiger partial charge on any atom is -0.303 e. The van der Waals surface area contributed by atoms with E-state index in [1.165, 1.54) is 0 Å². The quantitative estimate of drug-likeness (QED) is 0.696. The fourth-order valence-electron chi connectivity index (χ4n) is 2.34. The summed E-state index contributed by atoms with van der Waals surface area (Å²) >= 11 is 3.33. The molecule has 0 aliphatic carbocycles. The number of hydrogen-bond acceptors (Lipinski definition) is 1. The Balaban J connectivity index is 2.14. The normalized spacial score (nSPS) is 10.5. The fourth-order valence-corrected chi connectivity index (χ4v) is 2.68. The number of rotatable bonds is 3. The summed E-state index contributed by atoms with van der Waals surface area (Å²) in [5.74, 6) is 0. The van der Waals surface area contributed by atoms with Crippen molar-refractivity contribution < 1.29 is 0 Å². The van der Waals surface area contributed by atoms with Crippen LogP contribution in [-0.4, -0.2) is 4.57 Å². The van der Waals surface area contributed by atoms with Crippen molar-refractivity contribution in [3.8, 4) is 11.3 Å². The third-order valence-corrected chi connectivity index (χ3v) is 3.98. The standard InChI is InChI=1S/C18H14BrNO/c19-16-11-12-17(15-9-5-2-6-10-15)20(18(16)21)13-14-7-3-1-4-8-14/h1-12H,13H2. The van der Waals surface area contributed by atoms with Crippen LogP contribution in [0.2, 0.25) is 0 Å². The third-order valence-electron chi connectivity index (χ3n) is 3.38. The second kappa shape index (κ2) is 6.10. The van der Waals surface area contributed by atoms with Crippen LogP contribution in [0.4, 0.5) is 0 Å². The van der Waals surface area contributed by atoms with Crippen molar-refractivity contribution in [2.45, 2.75) is 6.54 Å². The van der Waals surface area contributed by atoms with Crippen molar-refractivity contribution in [1.82, 2.24) is 4.57 Å². The molecule has 3 rings (SSSR count). The van der Waals surface area contributed by atoms with Crippen molar-refractivity contribution in [1.29, 1.82) is 0 Å². The molecule has 0 amide bonds. The van der Waals surface area contributed by atoms with E-state index in [0.29, 0.717) is 11.0 Å². The van der Waals surface area contributed by atoms with Crippen LogP contribution < -0.4 is 5.56 Å². The number of benzene rings is 2. The van der Waals surface area contributed by atoms with E-state index in [1.807, 2.05) is 72.8 Å². The molecule has 0 fully saturated rings. The molecule has 0 bridgehead atoms. The lowest BCUT2D eigenvalue weighted by Gasteiger charge is -2.13. The van der Waals surface area contributed by atoms with Gasteiger partial charge in [0.2, 0.25) is 0 Å². The van der Waals surface area contributed by atoms with Crippen LogP contribution in [0.1, 0.15) is 5.56 Å². The van der Waals surface area contributed by atoms with Crippen LogP contribution in [0.25, 0.3) is 11.3 Å². The van der Waals surface area contributed by atoms with E-state index >= 15 is 0 Å². The first-order valence-electron chi connectivity index (χ1n) is 6.74. The van der Waals surface area contributed by atoms with Crippen molar-refractivity contribution in [2.75, 3.05) is 0 Å². The Bertz CT molecular complexity index is 794. The Morgan fingerprint density at radius 1 is 0.810 bits per heavy atom. The minimum atomic E-state index is -0.0137. The first-order valence-corrected chi connectivity index (χ1v) is 7.54. The Kier molecular flexibility index (Phi) is 4.02. The van der Waals surface area contributed by atoms with Crippen LogP contribution in [0.15, 0.2) is 82.1 Å². The molecular formula is C18H14BrNO. The summed E-state index contributed by atoms with van der Waals surface area (Å²) in [4.78, 5) is 12.5. The summed E-state index contributed by atoms with van der Waals surface area (Å²) in [7, 11) is 0. The lowest BCUT2D eigenvalue weighted by Crippen LogP contribution is -2.22. The van der Waals surface area contributed by atoms with E-state index in [4.69, 9.17) is 0 Å². The summed E-state index contributed by atoms with van der Waals surface area (Å²) in [5, 5.41) is 0. The number of aromatic nitrogens is 1. The van der Waals surface area contributed by atoms with Crippen molar-refractivity contribution in [3.05, 3.63) is 93.2 Å². The van der Waals surface area contributed by atoms with Gasteiger partial charge < -0.3 is 4.57 Å². The van der Waals surface area contributed by atoms with Crippen LogP contribution in [0, 0.1) is 0 Å². The predicted octanol–water partition coefficient (Wildman–Crippen LogP) is 4.33. The van der Waals surface area contributed by atoms with E-state index in [-0.39, 0.29) is 5.56 Å². The average molecular weight is 340 g/mol. The van der Waals surface area contributed by atoms with Gasteiger partial charge in [-0.25, -0.2) is 0 Å². The zero-order valence-electron chi connectivity index (χ0n) is 11.4. The predicted molar refractivity (Wildman–Crippen MR) is 89.4 cm³/mol. The molecule has 0 saturated carbocycles. The SMILES string of the molecule is O=c1c(Br)ccc(-c2ccccc2)n1Cc1ccccc1. The summed E-state index contributed by atoms with van der Waals surface area (Å²) in [6, 6.07) is 23.8. The molecule has 0 aliphatic heterocycles. The van der Waals surface area contributed by atoms with Gasteiger partial charge in [0, 0.05) is 0 Å². The lowest BCUT2D eigenvalue weighted by molar-refractivity contribution is 0.764. The van der Waals surface area contributed by atoms with Crippen molar-refractivity contribution in [3.63, 3.8) is 0 Å². The zero-order valence-corrected chi connectivity index (χ0v) is 13.0. The van der Waals surface area contributed by atoms with Crippen LogP contribution in [-0.2, 0) is 6.54 Å². The highest BCUT2D eigenvalue weighted by atomic mass is 79.9. The van der Waals surface area contributed by atoms with Gasteiger partial charge in [-0.1, -0.05) is 60.7 Å². The highest BCUT2D eigenvalue weighted by molar-refractivity contribution is 9.10. The molecule has 3 heteroatoms. The number of halogens is 1. The molecule has 0 saturated heterocycles. The topological polar surface area (TPSA) is 22.0 Å². The van der Waals surface area contributed by atoms with Gasteiger partial charge in [-0.05, 0) is 39.2 Å². The summed E-state index contributed by atoms with van der Waals surface area (Å²) in [6.45, 7) is 0.559. The van der Waals surface area contributed by atoms with E-state index in [0.717, 1.165) is 16.8 Å². The molecule has 1 heterocycles. The highest BCUT2D eigenvalue weighted by Gasteiger charge is 2.09. The van der Waals surface area contributed by atoms with Gasteiger partial charge in [-0.15, -0.1) is 0 Å². The number of nitrogens with zero attached hydrogens (tertiary/aromatic N) is 1. The van der Waals surface area contributed by atoms with Gasteiger partial charge in [-0.3, -0.25) is 4.79 Å². The zero-order chi connectivity index (χ0) is 14.7. The summed E-state index contributed by atoms with van der Waals surface area (Å²) < 4.78 is 2.38. The van der Waals surface area contributed by atoms with Gasteiger partial charge in [0.1, 0.15) is 0 Å². The van der Waals surface area contributed by atoms with Gasteiger partial charge in [0.25, 0.3) is 5.56 Å². The molecular weight excluding hydrogens is 326 g/mol. The van der Waals surface area contributed by atoms with Gasteiger partial charge >= 0.3 is 0 Å². The van der Waals surface area contributed by atoms with E-state index in [1.54, 1.807) is 4.57 Å². The molecule has 3 aromatic rings. The van der Waals surface area contributed by atoms with E-state index < -0.39 is 0 Å². The second-order valence-corrected chi connectivity index (χ2v) is 5.66. The number of hydrogen-bond donors (Lipinski definition) is 0. The average Bonchev–Trinajstić information content (AvgIpc) is 2.54. The Morgan fingerprint density at radius 3 is 2.10 bits per heavy atom.